The van der Waals surface area contributed by atoms with Gasteiger partial charge in [0.25, 0.3) is 5.91 Å². The SMILES string of the molecule is CCOC(=O)c1nc(C(=O)NC2CCOC2C)cs1. The van der Waals surface area contributed by atoms with Crippen LogP contribution in [-0.2, 0) is 9.47 Å². The molecular weight excluding hydrogens is 268 g/mol. The Morgan fingerprint density at radius 1 is 1.63 bits per heavy atom. The van der Waals surface area contributed by atoms with E-state index in [2.05, 4.69) is 10.3 Å². The van der Waals surface area contributed by atoms with Gasteiger partial charge < -0.3 is 14.8 Å². The highest BCUT2D eigenvalue weighted by molar-refractivity contribution is 7.11. The molecular formula is C12H16N2O4S. The monoisotopic (exact) mass is 284 g/mol. The molecule has 1 amide bonds. The van der Waals surface area contributed by atoms with Crippen molar-refractivity contribution in [1.29, 1.82) is 0 Å². The lowest BCUT2D eigenvalue weighted by molar-refractivity contribution is 0.0526. The molecule has 6 nitrogen and oxygen atoms in total. The summed E-state index contributed by atoms with van der Waals surface area (Å²) in [5, 5.41) is 4.61. The van der Waals surface area contributed by atoms with E-state index in [1.54, 1.807) is 12.3 Å². The summed E-state index contributed by atoms with van der Waals surface area (Å²) in [7, 11) is 0. The van der Waals surface area contributed by atoms with E-state index >= 15 is 0 Å². The van der Waals surface area contributed by atoms with E-state index in [1.165, 1.54) is 0 Å². The van der Waals surface area contributed by atoms with Crippen molar-refractivity contribution in [3.8, 4) is 0 Å². The number of rotatable bonds is 4. The van der Waals surface area contributed by atoms with Gasteiger partial charge in [-0.2, -0.15) is 0 Å². The van der Waals surface area contributed by atoms with Crippen LogP contribution in [0.1, 0.15) is 40.6 Å². The second kappa shape index (κ2) is 6.12. The maximum Gasteiger partial charge on any atom is 0.367 e. The molecule has 2 rings (SSSR count). The number of carbonyl (C=O) groups is 2. The summed E-state index contributed by atoms with van der Waals surface area (Å²) in [6.07, 6.45) is 0.800. The highest BCUT2D eigenvalue weighted by Gasteiger charge is 2.27. The Bertz CT molecular complexity index is 474. The first kappa shape index (κ1) is 14.0. The van der Waals surface area contributed by atoms with Crippen LogP contribution in [0.25, 0.3) is 0 Å². The van der Waals surface area contributed by atoms with Crippen LogP contribution in [-0.4, -0.2) is 42.2 Å². The van der Waals surface area contributed by atoms with Crippen molar-refractivity contribution in [2.24, 2.45) is 0 Å². The van der Waals surface area contributed by atoms with Gasteiger partial charge in [-0.25, -0.2) is 9.78 Å². The minimum atomic E-state index is -0.496. The molecule has 104 valence electrons. The standard InChI is InChI=1S/C12H16N2O4S/c1-3-17-12(16)11-14-9(6-19-11)10(15)13-8-4-5-18-7(8)2/h6-8H,3-5H2,1-2H3,(H,13,15). The third-order valence-electron chi connectivity index (χ3n) is 2.88. The van der Waals surface area contributed by atoms with Crippen LogP contribution in [0.3, 0.4) is 0 Å². The number of amides is 1. The molecule has 0 bridgehead atoms. The van der Waals surface area contributed by atoms with E-state index in [0.29, 0.717) is 6.61 Å². The molecule has 0 spiro atoms. The van der Waals surface area contributed by atoms with Gasteiger partial charge in [0, 0.05) is 12.0 Å². The largest absolute Gasteiger partial charge is 0.461 e. The molecule has 0 radical (unpaired) electrons. The maximum atomic E-state index is 12.0. The Morgan fingerprint density at radius 2 is 2.42 bits per heavy atom. The molecule has 19 heavy (non-hydrogen) atoms. The Morgan fingerprint density at radius 3 is 3.05 bits per heavy atom. The average Bonchev–Trinajstić information content (AvgIpc) is 2.99. The topological polar surface area (TPSA) is 77.5 Å². The lowest BCUT2D eigenvalue weighted by Gasteiger charge is -2.14. The van der Waals surface area contributed by atoms with E-state index < -0.39 is 5.97 Å². The van der Waals surface area contributed by atoms with Crippen LogP contribution in [0, 0.1) is 0 Å². The van der Waals surface area contributed by atoms with Gasteiger partial charge in [0.2, 0.25) is 5.01 Å². The molecule has 1 aromatic heterocycles. The molecule has 0 aliphatic carbocycles. The van der Waals surface area contributed by atoms with Crippen LogP contribution in [0.2, 0.25) is 0 Å². The molecule has 2 heterocycles. The van der Waals surface area contributed by atoms with Crippen LogP contribution in [0.5, 0.6) is 0 Å². The first-order chi connectivity index (χ1) is 9.11. The number of hydrogen-bond donors (Lipinski definition) is 1. The predicted molar refractivity (Wildman–Crippen MR) is 69.4 cm³/mol. The second-order valence-corrected chi connectivity index (χ2v) is 5.06. The van der Waals surface area contributed by atoms with Crippen molar-refractivity contribution in [3.05, 3.63) is 16.1 Å². The van der Waals surface area contributed by atoms with Crippen molar-refractivity contribution in [3.63, 3.8) is 0 Å². The van der Waals surface area contributed by atoms with E-state index in [4.69, 9.17) is 9.47 Å². The molecule has 1 fully saturated rings. The summed E-state index contributed by atoms with van der Waals surface area (Å²) in [6.45, 7) is 4.58. The van der Waals surface area contributed by atoms with Gasteiger partial charge in [-0.3, -0.25) is 4.79 Å². The zero-order valence-corrected chi connectivity index (χ0v) is 11.7. The van der Waals surface area contributed by atoms with Crippen molar-refractivity contribution < 1.29 is 19.1 Å². The third-order valence-corrected chi connectivity index (χ3v) is 3.70. The third kappa shape index (κ3) is 3.30. The zero-order chi connectivity index (χ0) is 13.8. The van der Waals surface area contributed by atoms with Crippen molar-refractivity contribution in [1.82, 2.24) is 10.3 Å². The molecule has 1 aromatic rings. The maximum absolute atomic E-state index is 12.0. The molecule has 0 aromatic carbocycles. The Labute approximate surface area is 115 Å². The fourth-order valence-electron chi connectivity index (χ4n) is 1.83. The molecule has 7 heteroatoms. The Balaban J connectivity index is 1.98. The fraction of sp³-hybridized carbons (Fsp3) is 0.583. The highest BCUT2D eigenvalue weighted by atomic mass is 32.1. The minimum Gasteiger partial charge on any atom is -0.461 e. The zero-order valence-electron chi connectivity index (χ0n) is 10.8. The predicted octanol–water partition coefficient (Wildman–Crippen LogP) is 1.23. The summed E-state index contributed by atoms with van der Waals surface area (Å²) in [6, 6.07) is 0.000225. The second-order valence-electron chi connectivity index (χ2n) is 4.20. The van der Waals surface area contributed by atoms with Crippen molar-refractivity contribution >= 4 is 23.2 Å². The number of nitrogens with zero attached hydrogens (tertiary/aromatic N) is 1. The lowest BCUT2D eigenvalue weighted by Crippen LogP contribution is -2.39. The van der Waals surface area contributed by atoms with Gasteiger partial charge in [-0.05, 0) is 20.3 Å². The van der Waals surface area contributed by atoms with E-state index in [0.717, 1.165) is 17.8 Å². The minimum absolute atomic E-state index is 0.000225. The first-order valence-corrected chi connectivity index (χ1v) is 7.05. The quantitative estimate of drug-likeness (QED) is 0.841. The molecule has 1 aliphatic heterocycles. The van der Waals surface area contributed by atoms with Crippen molar-refractivity contribution in [2.75, 3.05) is 13.2 Å². The number of aromatic nitrogens is 1. The van der Waals surface area contributed by atoms with E-state index in [-0.39, 0.29) is 35.4 Å². The van der Waals surface area contributed by atoms with Gasteiger partial charge in [0.1, 0.15) is 5.69 Å². The number of ether oxygens (including phenoxy) is 2. The van der Waals surface area contributed by atoms with Gasteiger partial charge >= 0.3 is 5.97 Å². The normalized spacial score (nSPS) is 22.2. The summed E-state index contributed by atoms with van der Waals surface area (Å²) in [5.41, 5.74) is 0.243. The Kier molecular flexibility index (Phi) is 4.49. The number of thiazole rings is 1. The number of nitrogens with one attached hydrogen (secondary N) is 1. The van der Waals surface area contributed by atoms with Crippen LogP contribution in [0.4, 0.5) is 0 Å². The van der Waals surface area contributed by atoms with E-state index in [1.807, 2.05) is 6.92 Å². The smallest absolute Gasteiger partial charge is 0.367 e. The lowest BCUT2D eigenvalue weighted by atomic mass is 10.1. The number of carbonyl (C=O) groups excluding carboxylic acids is 2. The van der Waals surface area contributed by atoms with Gasteiger partial charge in [0.05, 0.1) is 18.8 Å². The molecule has 0 saturated carbocycles. The number of hydrogen-bond acceptors (Lipinski definition) is 6. The number of esters is 1. The van der Waals surface area contributed by atoms with Crippen LogP contribution < -0.4 is 5.32 Å². The summed E-state index contributed by atoms with van der Waals surface area (Å²) in [4.78, 5) is 27.4. The van der Waals surface area contributed by atoms with Gasteiger partial charge in [0.15, 0.2) is 0 Å². The van der Waals surface area contributed by atoms with Gasteiger partial charge in [-0.15, -0.1) is 11.3 Å². The fourth-order valence-corrected chi connectivity index (χ4v) is 2.52. The van der Waals surface area contributed by atoms with E-state index in [9.17, 15) is 9.59 Å². The molecule has 1 saturated heterocycles. The molecule has 1 aliphatic rings. The average molecular weight is 284 g/mol. The van der Waals surface area contributed by atoms with Crippen LogP contribution >= 0.6 is 11.3 Å². The van der Waals surface area contributed by atoms with Crippen LogP contribution in [0.15, 0.2) is 5.38 Å². The summed E-state index contributed by atoms with van der Waals surface area (Å²) in [5.74, 6) is -0.779. The summed E-state index contributed by atoms with van der Waals surface area (Å²) >= 11 is 1.11. The van der Waals surface area contributed by atoms with Gasteiger partial charge in [-0.1, -0.05) is 0 Å². The molecule has 2 atom stereocenters. The molecule has 1 N–H and O–H groups in total. The molecule has 2 unspecified atom stereocenters. The Hall–Kier alpha value is -1.47. The van der Waals surface area contributed by atoms with Crippen molar-refractivity contribution in [2.45, 2.75) is 32.4 Å². The highest BCUT2D eigenvalue weighted by Crippen LogP contribution is 2.15. The summed E-state index contributed by atoms with van der Waals surface area (Å²) < 4.78 is 10.2. The first-order valence-electron chi connectivity index (χ1n) is 6.17.